The van der Waals surface area contributed by atoms with Crippen LogP contribution in [0.1, 0.15) is 17.6 Å². The average molecular weight is 324 g/mol. The quantitative estimate of drug-likeness (QED) is 0.865. The standard InChI is InChI=1S/C15H24N4O2S/c1-2-14-17-12(11-22-14)9-18-4-6-19(7-5-18)15(20)13-10-21-8-3-16-13/h11,13,16H,2-10H2,1H3. The Labute approximate surface area is 135 Å². The summed E-state index contributed by atoms with van der Waals surface area (Å²) in [5.41, 5.74) is 1.16. The number of hydrogen-bond donors (Lipinski definition) is 1. The fourth-order valence-corrected chi connectivity index (χ4v) is 3.62. The lowest BCUT2D eigenvalue weighted by atomic mass is 10.2. The molecule has 0 saturated carbocycles. The predicted molar refractivity (Wildman–Crippen MR) is 86.0 cm³/mol. The van der Waals surface area contributed by atoms with Crippen molar-refractivity contribution in [1.29, 1.82) is 0 Å². The summed E-state index contributed by atoms with van der Waals surface area (Å²) >= 11 is 1.74. The number of carbonyl (C=O) groups is 1. The molecule has 2 saturated heterocycles. The smallest absolute Gasteiger partial charge is 0.242 e. The molecule has 1 aromatic rings. The number of thiazole rings is 1. The van der Waals surface area contributed by atoms with Gasteiger partial charge in [-0.2, -0.15) is 0 Å². The lowest BCUT2D eigenvalue weighted by Crippen LogP contribution is -2.57. The number of rotatable bonds is 4. The Morgan fingerprint density at radius 3 is 2.91 bits per heavy atom. The Morgan fingerprint density at radius 2 is 2.27 bits per heavy atom. The van der Waals surface area contributed by atoms with E-state index in [1.54, 1.807) is 11.3 Å². The van der Waals surface area contributed by atoms with E-state index in [1.165, 1.54) is 5.01 Å². The van der Waals surface area contributed by atoms with Crippen molar-refractivity contribution in [3.63, 3.8) is 0 Å². The molecular formula is C15H24N4O2S. The highest BCUT2D eigenvalue weighted by Crippen LogP contribution is 2.14. The van der Waals surface area contributed by atoms with Gasteiger partial charge >= 0.3 is 0 Å². The fraction of sp³-hybridized carbons (Fsp3) is 0.733. The zero-order chi connectivity index (χ0) is 15.4. The monoisotopic (exact) mass is 324 g/mol. The number of aryl methyl sites for hydroxylation is 1. The third-order valence-electron chi connectivity index (χ3n) is 4.19. The minimum absolute atomic E-state index is 0.161. The van der Waals surface area contributed by atoms with Crippen LogP contribution in [0.2, 0.25) is 0 Å². The molecule has 1 atom stereocenters. The van der Waals surface area contributed by atoms with Gasteiger partial charge in [0.2, 0.25) is 5.91 Å². The van der Waals surface area contributed by atoms with Gasteiger partial charge in [-0.1, -0.05) is 6.92 Å². The van der Waals surface area contributed by atoms with Gasteiger partial charge in [-0.15, -0.1) is 11.3 Å². The van der Waals surface area contributed by atoms with Crippen molar-refractivity contribution in [2.24, 2.45) is 0 Å². The molecule has 1 aromatic heterocycles. The van der Waals surface area contributed by atoms with Crippen LogP contribution in [0.5, 0.6) is 0 Å². The number of hydrogen-bond acceptors (Lipinski definition) is 6. The number of carbonyl (C=O) groups excluding carboxylic acids is 1. The summed E-state index contributed by atoms with van der Waals surface area (Å²) in [5.74, 6) is 0.182. The second-order valence-corrected chi connectivity index (χ2v) is 6.71. The Morgan fingerprint density at radius 1 is 1.45 bits per heavy atom. The van der Waals surface area contributed by atoms with Crippen LogP contribution in [0.15, 0.2) is 5.38 Å². The van der Waals surface area contributed by atoms with E-state index in [-0.39, 0.29) is 11.9 Å². The van der Waals surface area contributed by atoms with Crippen molar-refractivity contribution in [2.75, 3.05) is 45.9 Å². The van der Waals surface area contributed by atoms with Gasteiger partial charge in [0, 0.05) is 44.6 Å². The van der Waals surface area contributed by atoms with E-state index in [9.17, 15) is 4.79 Å². The molecule has 0 aromatic carbocycles. The average Bonchev–Trinajstić information content (AvgIpc) is 3.03. The molecular weight excluding hydrogens is 300 g/mol. The molecule has 3 heterocycles. The minimum atomic E-state index is -0.161. The Hall–Kier alpha value is -1.02. The molecule has 1 amide bonds. The van der Waals surface area contributed by atoms with Crippen LogP contribution >= 0.6 is 11.3 Å². The first kappa shape index (κ1) is 15.9. The van der Waals surface area contributed by atoms with Crippen LogP contribution in [0.25, 0.3) is 0 Å². The van der Waals surface area contributed by atoms with Crippen molar-refractivity contribution in [3.05, 3.63) is 16.1 Å². The van der Waals surface area contributed by atoms with Crippen LogP contribution in [0, 0.1) is 0 Å². The van der Waals surface area contributed by atoms with Gasteiger partial charge in [0.05, 0.1) is 23.9 Å². The summed E-state index contributed by atoms with van der Waals surface area (Å²) < 4.78 is 5.38. The summed E-state index contributed by atoms with van der Waals surface area (Å²) in [5, 5.41) is 6.59. The van der Waals surface area contributed by atoms with Crippen LogP contribution in [-0.2, 0) is 22.5 Å². The van der Waals surface area contributed by atoms with E-state index < -0.39 is 0 Å². The molecule has 6 nitrogen and oxygen atoms in total. The predicted octanol–water partition coefficient (Wildman–Crippen LogP) is 0.338. The molecule has 3 rings (SSSR count). The number of morpholine rings is 1. The second-order valence-electron chi connectivity index (χ2n) is 5.77. The highest BCUT2D eigenvalue weighted by molar-refractivity contribution is 7.09. The van der Waals surface area contributed by atoms with E-state index in [1.807, 2.05) is 4.90 Å². The highest BCUT2D eigenvalue weighted by Gasteiger charge is 2.28. The summed E-state index contributed by atoms with van der Waals surface area (Å²) in [6, 6.07) is -0.161. The minimum Gasteiger partial charge on any atom is -0.378 e. The van der Waals surface area contributed by atoms with Gasteiger partial charge in [0.25, 0.3) is 0 Å². The number of nitrogens with one attached hydrogen (secondary N) is 1. The molecule has 0 bridgehead atoms. The van der Waals surface area contributed by atoms with E-state index in [4.69, 9.17) is 4.74 Å². The van der Waals surface area contributed by atoms with Gasteiger partial charge in [0.1, 0.15) is 6.04 Å². The number of ether oxygens (including phenoxy) is 1. The number of nitrogens with zero attached hydrogens (tertiary/aromatic N) is 3. The van der Waals surface area contributed by atoms with Crippen molar-refractivity contribution in [3.8, 4) is 0 Å². The highest BCUT2D eigenvalue weighted by atomic mass is 32.1. The normalized spacial score (nSPS) is 23.7. The maximum atomic E-state index is 12.4. The van der Waals surface area contributed by atoms with E-state index in [0.29, 0.717) is 13.2 Å². The van der Waals surface area contributed by atoms with E-state index in [0.717, 1.165) is 51.4 Å². The molecule has 0 spiro atoms. The van der Waals surface area contributed by atoms with Crippen LogP contribution < -0.4 is 5.32 Å². The van der Waals surface area contributed by atoms with Crippen molar-refractivity contribution in [2.45, 2.75) is 25.9 Å². The third kappa shape index (κ3) is 3.84. The van der Waals surface area contributed by atoms with Gasteiger partial charge in [-0.3, -0.25) is 9.69 Å². The lowest BCUT2D eigenvalue weighted by molar-refractivity contribution is -0.138. The molecule has 2 aliphatic rings. The van der Waals surface area contributed by atoms with Crippen LogP contribution in [0.4, 0.5) is 0 Å². The zero-order valence-electron chi connectivity index (χ0n) is 13.1. The molecule has 1 unspecified atom stereocenters. The molecule has 122 valence electrons. The van der Waals surface area contributed by atoms with E-state index in [2.05, 4.69) is 27.5 Å². The first-order valence-corrected chi connectivity index (χ1v) is 8.89. The molecule has 22 heavy (non-hydrogen) atoms. The van der Waals surface area contributed by atoms with Crippen molar-refractivity contribution >= 4 is 17.2 Å². The lowest BCUT2D eigenvalue weighted by Gasteiger charge is -2.37. The SMILES string of the molecule is CCc1nc(CN2CCN(C(=O)C3COCCN3)CC2)cs1. The topological polar surface area (TPSA) is 57.7 Å². The largest absolute Gasteiger partial charge is 0.378 e. The van der Waals surface area contributed by atoms with Gasteiger partial charge in [0.15, 0.2) is 0 Å². The number of aromatic nitrogens is 1. The van der Waals surface area contributed by atoms with Crippen LogP contribution in [0.3, 0.4) is 0 Å². The van der Waals surface area contributed by atoms with Gasteiger partial charge in [-0.05, 0) is 6.42 Å². The third-order valence-corrected chi connectivity index (χ3v) is 5.23. The van der Waals surface area contributed by atoms with E-state index >= 15 is 0 Å². The first-order valence-electron chi connectivity index (χ1n) is 8.02. The number of amides is 1. The summed E-state index contributed by atoms with van der Waals surface area (Å²) in [6.07, 6.45) is 1.00. The molecule has 7 heteroatoms. The number of piperazine rings is 1. The summed E-state index contributed by atoms with van der Waals surface area (Å²) in [6.45, 7) is 8.40. The summed E-state index contributed by atoms with van der Waals surface area (Å²) in [7, 11) is 0. The summed E-state index contributed by atoms with van der Waals surface area (Å²) in [4.78, 5) is 21.4. The molecule has 2 aliphatic heterocycles. The first-order chi connectivity index (χ1) is 10.8. The Kier molecular flexibility index (Phi) is 5.41. The second kappa shape index (κ2) is 7.50. The maximum Gasteiger partial charge on any atom is 0.242 e. The fourth-order valence-electron chi connectivity index (χ4n) is 2.88. The zero-order valence-corrected chi connectivity index (χ0v) is 13.9. The Balaban J connectivity index is 1.46. The van der Waals surface area contributed by atoms with Gasteiger partial charge in [-0.25, -0.2) is 4.98 Å². The maximum absolute atomic E-state index is 12.4. The molecule has 0 radical (unpaired) electrons. The Bertz CT molecular complexity index is 493. The molecule has 2 fully saturated rings. The van der Waals surface area contributed by atoms with Crippen molar-refractivity contribution in [1.82, 2.24) is 20.1 Å². The van der Waals surface area contributed by atoms with Crippen LogP contribution in [-0.4, -0.2) is 72.7 Å². The molecule has 1 N–H and O–H groups in total. The van der Waals surface area contributed by atoms with Crippen molar-refractivity contribution < 1.29 is 9.53 Å². The molecule has 0 aliphatic carbocycles. The van der Waals surface area contributed by atoms with Gasteiger partial charge < -0.3 is 15.0 Å².